The fourth-order valence-electron chi connectivity index (χ4n) is 1.64. The monoisotopic (exact) mass is 277 g/mol. The highest BCUT2D eigenvalue weighted by atomic mass is 16.2. The van der Waals surface area contributed by atoms with Crippen molar-refractivity contribution in [2.75, 3.05) is 11.9 Å². The number of carbonyl (C=O) groups is 2. The molecule has 0 aromatic heterocycles. The van der Waals surface area contributed by atoms with E-state index in [1.165, 1.54) is 0 Å². The number of nitrogens with one attached hydrogen (secondary N) is 3. The van der Waals surface area contributed by atoms with Gasteiger partial charge in [0.1, 0.15) is 0 Å². The Hall–Kier alpha value is -2.04. The number of rotatable bonds is 6. The quantitative estimate of drug-likeness (QED) is 0.700. The average molecular weight is 277 g/mol. The molecule has 0 spiro atoms. The molecule has 3 amide bonds. The minimum atomic E-state index is -0.250. The molecule has 0 saturated carbocycles. The van der Waals surface area contributed by atoms with Crippen molar-refractivity contribution in [3.05, 3.63) is 29.8 Å². The van der Waals surface area contributed by atoms with Gasteiger partial charge in [-0.25, -0.2) is 4.79 Å². The Bertz CT molecular complexity index is 458. The van der Waals surface area contributed by atoms with Crippen LogP contribution in [-0.4, -0.2) is 24.5 Å². The van der Waals surface area contributed by atoms with Gasteiger partial charge in [-0.2, -0.15) is 0 Å². The second-order valence-electron chi connectivity index (χ2n) is 4.94. The van der Waals surface area contributed by atoms with Crippen molar-refractivity contribution in [3.8, 4) is 0 Å². The van der Waals surface area contributed by atoms with Crippen molar-refractivity contribution in [1.82, 2.24) is 10.6 Å². The molecule has 0 bridgehead atoms. The molecule has 0 radical (unpaired) electrons. The van der Waals surface area contributed by atoms with Gasteiger partial charge in [-0.15, -0.1) is 0 Å². The minimum absolute atomic E-state index is 0.0801. The van der Waals surface area contributed by atoms with E-state index >= 15 is 0 Å². The SMILES string of the molecule is CCCCNC(=O)Nc1cccc(C(=O)NC(C)C)c1. The van der Waals surface area contributed by atoms with Gasteiger partial charge in [0.25, 0.3) is 5.91 Å². The lowest BCUT2D eigenvalue weighted by Gasteiger charge is -2.10. The van der Waals surface area contributed by atoms with Gasteiger partial charge in [0.2, 0.25) is 0 Å². The number of benzene rings is 1. The van der Waals surface area contributed by atoms with Crippen molar-refractivity contribution in [2.45, 2.75) is 39.7 Å². The zero-order chi connectivity index (χ0) is 15.0. The second kappa shape index (κ2) is 8.19. The van der Waals surface area contributed by atoms with Gasteiger partial charge >= 0.3 is 6.03 Å². The van der Waals surface area contributed by atoms with E-state index in [-0.39, 0.29) is 18.0 Å². The summed E-state index contributed by atoms with van der Waals surface area (Å²) in [6.45, 7) is 6.52. The lowest BCUT2D eigenvalue weighted by atomic mass is 10.2. The summed E-state index contributed by atoms with van der Waals surface area (Å²) in [5.41, 5.74) is 1.14. The predicted molar refractivity (Wildman–Crippen MR) is 81.0 cm³/mol. The first-order valence-corrected chi connectivity index (χ1v) is 6.98. The highest BCUT2D eigenvalue weighted by Crippen LogP contribution is 2.10. The van der Waals surface area contributed by atoms with Crippen LogP contribution in [0.3, 0.4) is 0 Å². The molecule has 5 heteroatoms. The number of anilines is 1. The van der Waals surface area contributed by atoms with Crippen molar-refractivity contribution >= 4 is 17.6 Å². The number of hydrogen-bond donors (Lipinski definition) is 3. The summed E-state index contributed by atoms with van der Waals surface area (Å²) in [4.78, 5) is 23.5. The second-order valence-corrected chi connectivity index (χ2v) is 4.94. The summed E-state index contributed by atoms with van der Waals surface area (Å²) in [7, 11) is 0. The summed E-state index contributed by atoms with van der Waals surface area (Å²) in [6, 6.07) is 6.72. The van der Waals surface area contributed by atoms with Gasteiger partial charge < -0.3 is 16.0 Å². The van der Waals surface area contributed by atoms with Crippen LogP contribution in [0.1, 0.15) is 44.0 Å². The molecule has 0 unspecified atom stereocenters. The van der Waals surface area contributed by atoms with Gasteiger partial charge in [0, 0.05) is 23.8 Å². The van der Waals surface area contributed by atoms with Gasteiger partial charge in [-0.1, -0.05) is 19.4 Å². The summed E-state index contributed by atoms with van der Waals surface area (Å²) in [5, 5.41) is 8.30. The van der Waals surface area contributed by atoms with Crippen LogP contribution in [0.2, 0.25) is 0 Å². The molecule has 0 atom stereocenters. The molecule has 5 nitrogen and oxygen atoms in total. The Kier molecular flexibility index (Phi) is 6.56. The third-order valence-electron chi connectivity index (χ3n) is 2.62. The van der Waals surface area contributed by atoms with Gasteiger partial charge in [0.15, 0.2) is 0 Å². The van der Waals surface area contributed by atoms with Crippen LogP contribution in [0.5, 0.6) is 0 Å². The van der Waals surface area contributed by atoms with Crippen LogP contribution < -0.4 is 16.0 Å². The van der Waals surface area contributed by atoms with E-state index < -0.39 is 0 Å². The average Bonchev–Trinajstić information content (AvgIpc) is 2.38. The smallest absolute Gasteiger partial charge is 0.319 e. The first-order valence-electron chi connectivity index (χ1n) is 6.98. The maximum Gasteiger partial charge on any atom is 0.319 e. The minimum Gasteiger partial charge on any atom is -0.350 e. The van der Waals surface area contributed by atoms with Crippen molar-refractivity contribution in [1.29, 1.82) is 0 Å². The molecule has 0 fully saturated rings. The standard InChI is InChI=1S/C15H23N3O2/c1-4-5-9-16-15(20)18-13-8-6-7-12(10-13)14(19)17-11(2)3/h6-8,10-11H,4-5,9H2,1-3H3,(H,17,19)(H2,16,18,20). The van der Waals surface area contributed by atoms with Crippen LogP contribution in [0.4, 0.5) is 10.5 Å². The molecule has 1 aromatic rings. The van der Waals surface area contributed by atoms with Crippen LogP contribution in [0, 0.1) is 0 Å². The zero-order valence-electron chi connectivity index (χ0n) is 12.3. The Morgan fingerprint density at radius 1 is 1.25 bits per heavy atom. The molecule has 110 valence electrons. The maximum absolute atomic E-state index is 11.9. The number of urea groups is 1. The molecule has 0 aliphatic carbocycles. The normalized spacial score (nSPS) is 10.2. The predicted octanol–water partition coefficient (Wildman–Crippen LogP) is 2.75. The molecule has 0 saturated heterocycles. The van der Waals surface area contributed by atoms with E-state index in [1.54, 1.807) is 24.3 Å². The van der Waals surface area contributed by atoms with Crippen LogP contribution in [0.25, 0.3) is 0 Å². The molecular formula is C15H23N3O2. The summed E-state index contributed by atoms with van der Waals surface area (Å²) in [5.74, 6) is -0.143. The van der Waals surface area contributed by atoms with Gasteiger partial charge in [-0.05, 0) is 38.5 Å². The molecule has 3 N–H and O–H groups in total. The van der Waals surface area contributed by atoms with Crippen LogP contribution in [0.15, 0.2) is 24.3 Å². The topological polar surface area (TPSA) is 70.2 Å². The fourth-order valence-corrected chi connectivity index (χ4v) is 1.64. The maximum atomic E-state index is 11.9. The van der Waals surface area contributed by atoms with Crippen molar-refractivity contribution < 1.29 is 9.59 Å². The van der Waals surface area contributed by atoms with Crippen molar-refractivity contribution in [3.63, 3.8) is 0 Å². The highest BCUT2D eigenvalue weighted by Gasteiger charge is 2.08. The molecule has 0 aliphatic rings. The van der Waals surface area contributed by atoms with E-state index in [1.807, 2.05) is 13.8 Å². The highest BCUT2D eigenvalue weighted by molar-refractivity contribution is 5.96. The fraction of sp³-hybridized carbons (Fsp3) is 0.467. The third-order valence-corrected chi connectivity index (χ3v) is 2.62. The Labute approximate surface area is 120 Å². The van der Waals surface area contributed by atoms with E-state index in [9.17, 15) is 9.59 Å². The first-order chi connectivity index (χ1) is 9.52. The van der Waals surface area contributed by atoms with Gasteiger partial charge in [0.05, 0.1) is 0 Å². The summed E-state index contributed by atoms with van der Waals surface area (Å²) in [6.07, 6.45) is 1.98. The van der Waals surface area contributed by atoms with Gasteiger partial charge in [-0.3, -0.25) is 4.79 Å². The number of unbranched alkanes of at least 4 members (excludes halogenated alkanes) is 1. The van der Waals surface area contributed by atoms with Crippen molar-refractivity contribution in [2.24, 2.45) is 0 Å². The molecule has 1 rings (SSSR count). The Morgan fingerprint density at radius 3 is 2.65 bits per heavy atom. The summed E-state index contributed by atoms with van der Waals surface area (Å²) < 4.78 is 0. The Morgan fingerprint density at radius 2 is 2.00 bits per heavy atom. The third kappa shape index (κ3) is 5.73. The largest absolute Gasteiger partial charge is 0.350 e. The summed E-state index contributed by atoms with van der Waals surface area (Å²) >= 11 is 0. The zero-order valence-corrected chi connectivity index (χ0v) is 12.3. The lowest BCUT2D eigenvalue weighted by molar-refractivity contribution is 0.0943. The van der Waals surface area contributed by atoms with E-state index in [4.69, 9.17) is 0 Å². The van der Waals surface area contributed by atoms with E-state index in [2.05, 4.69) is 22.9 Å². The molecule has 1 aromatic carbocycles. The number of amides is 3. The number of carbonyl (C=O) groups excluding carboxylic acids is 2. The molecule has 0 aliphatic heterocycles. The molecular weight excluding hydrogens is 254 g/mol. The first kappa shape index (κ1) is 16.0. The van der Waals surface area contributed by atoms with E-state index in [0.717, 1.165) is 12.8 Å². The lowest BCUT2D eigenvalue weighted by Crippen LogP contribution is -2.31. The molecule has 20 heavy (non-hydrogen) atoms. The van der Waals surface area contributed by atoms with Crippen LogP contribution >= 0.6 is 0 Å². The number of hydrogen-bond acceptors (Lipinski definition) is 2. The van der Waals surface area contributed by atoms with E-state index in [0.29, 0.717) is 17.8 Å². The van der Waals surface area contributed by atoms with Crippen LogP contribution in [-0.2, 0) is 0 Å². The molecule has 0 heterocycles. The Balaban J connectivity index is 2.59.